The highest BCUT2D eigenvalue weighted by Gasteiger charge is 2.25. The van der Waals surface area contributed by atoms with Crippen LogP contribution in [-0.4, -0.2) is 23.5 Å². The van der Waals surface area contributed by atoms with Crippen molar-refractivity contribution >= 4 is 46.8 Å². The molecule has 1 aliphatic rings. The third-order valence-corrected chi connectivity index (χ3v) is 3.07. The van der Waals surface area contributed by atoms with E-state index in [1.807, 2.05) is 0 Å². The van der Waals surface area contributed by atoms with Crippen molar-refractivity contribution in [3.63, 3.8) is 0 Å². The van der Waals surface area contributed by atoms with Crippen LogP contribution >= 0.6 is 23.8 Å². The fourth-order valence-electron chi connectivity index (χ4n) is 1.65. The normalized spacial score (nSPS) is 14.3. The predicted molar refractivity (Wildman–Crippen MR) is 84.0 cm³/mol. The SMILES string of the molecule is C=CCOc1ccc(C=C2C(=O)NC(=S)NC2=O)cc1Cl. The summed E-state index contributed by atoms with van der Waals surface area (Å²) in [6.07, 6.45) is 3.03. The number of benzene rings is 1. The molecular formula is C14H11ClN2O3S. The molecule has 1 aromatic carbocycles. The first-order valence-corrected chi connectivity index (χ1v) is 6.71. The zero-order valence-corrected chi connectivity index (χ0v) is 12.4. The monoisotopic (exact) mass is 322 g/mol. The van der Waals surface area contributed by atoms with E-state index in [1.165, 1.54) is 6.08 Å². The Balaban J connectivity index is 2.26. The summed E-state index contributed by atoms with van der Waals surface area (Å²) in [6.45, 7) is 3.88. The minimum Gasteiger partial charge on any atom is -0.488 e. The molecule has 0 bridgehead atoms. The topological polar surface area (TPSA) is 67.4 Å². The third kappa shape index (κ3) is 3.68. The second-order valence-electron chi connectivity index (χ2n) is 4.08. The van der Waals surface area contributed by atoms with Crippen LogP contribution in [0, 0.1) is 0 Å². The molecule has 0 unspecified atom stereocenters. The van der Waals surface area contributed by atoms with Crippen LogP contribution in [0.1, 0.15) is 5.56 Å². The molecule has 0 aliphatic carbocycles. The van der Waals surface area contributed by atoms with Crippen LogP contribution in [0.25, 0.3) is 6.08 Å². The van der Waals surface area contributed by atoms with E-state index in [2.05, 4.69) is 17.2 Å². The molecule has 5 nitrogen and oxygen atoms in total. The van der Waals surface area contributed by atoms with E-state index in [4.69, 9.17) is 28.6 Å². The zero-order chi connectivity index (χ0) is 15.4. The Morgan fingerprint density at radius 3 is 2.52 bits per heavy atom. The summed E-state index contributed by atoms with van der Waals surface area (Å²) in [5, 5.41) is 5.08. The highest BCUT2D eigenvalue weighted by atomic mass is 35.5. The highest BCUT2D eigenvalue weighted by molar-refractivity contribution is 7.80. The Bertz CT molecular complexity index is 648. The smallest absolute Gasteiger partial charge is 0.263 e. The number of thiocarbonyl (C=S) groups is 1. The molecule has 2 N–H and O–H groups in total. The lowest BCUT2D eigenvalue weighted by Crippen LogP contribution is -2.51. The second-order valence-corrected chi connectivity index (χ2v) is 4.90. The molecule has 0 aromatic heterocycles. The third-order valence-electron chi connectivity index (χ3n) is 2.57. The quantitative estimate of drug-likeness (QED) is 0.384. The van der Waals surface area contributed by atoms with Crippen molar-refractivity contribution in [3.8, 4) is 5.75 Å². The number of rotatable bonds is 4. The van der Waals surface area contributed by atoms with Crippen molar-refractivity contribution in [2.45, 2.75) is 0 Å². The maximum absolute atomic E-state index is 11.7. The fraction of sp³-hybridized carbons (Fsp3) is 0.0714. The average Bonchev–Trinajstić information content (AvgIpc) is 2.42. The summed E-state index contributed by atoms with van der Waals surface area (Å²) in [7, 11) is 0. The number of carbonyl (C=O) groups excluding carboxylic acids is 2. The van der Waals surface area contributed by atoms with Crippen LogP contribution in [0.5, 0.6) is 5.75 Å². The second kappa shape index (κ2) is 6.51. The first kappa shape index (κ1) is 15.2. The van der Waals surface area contributed by atoms with Crippen LogP contribution in [-0.2, 0) is 9.59 Å². The van der Waals surface area contributed by atoms with Gasteiger partial charge in [-0.2, -0.15) is 0 Å². The lowest BCUT2D eigenvalue weighted by molar-refractivity contribution is -0.123. The summed E-state index contributed by atoms with van der Waals surface area (Å²) in [5.74, 6) is -0.601. The molecule has 108 valence electrons. The van der Waals surface area contributed by atoms with Crippen molar-refractivity contribution in [1.82, 2.24) is 10.6 Å². The number of carbonyl (C=O) groups is 2. The first-order valence-electron chi connectivity index (χ1n) is 5.93. The van der Waals surface area contributed by atoms with Crippen molar-refractivity contribution in [3.05, 3.63) is 47.0 Å². The summed E-state index contributed by atoms with van der Waals surface area (Å²) < 4.78 is 5.34. The predicted octanol–water partition coefficient (Wildman–Crippen LogP) is 1.82. The van der Waals surface area contributed by atoms with Crippen LogP contribution in [0.15, 0.2) is 36.4 Å². The molecule has 0 spiro atoms. The molecule has 0 saturated carbocycles. The summed E-state index contributed by atoms with van der Waals surface area (Å²) in [5.41, 5.74) is 0.554. The van der Waals surface area contributed by atoms with Gasteiger partial charge >= 0.3 is 0 Å². The lowest BCUT2D eigenvalue weighted by Gasteiger charge is -2.16. The maximum Gasteiger partial charge on any atom is 0.263 e. The van der Waals surface area contributed by atoms with E-state index < -0.39 is 11.8 Å². The Labute approximate surface area is 131 Å². The van der Waals surface area contributed by atoms with Gasteiger partial charge in [0.05, 0.1) is 5.02 Å². The largest absolute Gasteiger partial charge is 0.488 e. The number of amides is 2. The van der Waals surface area contributed by atoms with E-state index >= 15 is 0 Å². The molecule has 1 saturated heterocycles. The lowest BCUT2D eigenvalue weighted by atomic mass is 10.1. The zero-order valence-electron chi connectivity index (χ0n) is 10.8. The highest BCUT2D eigenvalue weighted by Crippen LogP contribution is 2.26. The van der Waals surface area contributed by atoms with E-state index in [9.17, 15) is 9.59 Å². The molecular weight excluding hydrogens is 312 g/mol. The minimum absolute atomic E-state index is 0.00615. The van der Waals surface area contributed by atoms with Crippen LogP contribution in [0.4, 0.5) is 0 Å². The molecule has 21 heavy (non-hydrogen) atoms. The van der Waals surface area contributed by atoms with Crippen LogP contribution < -0.4 is 15.4 Å². The fourth-order valence-corrected chi connectivity index (χ4v) is 2.07. The van der Waals surface area contributed by atoms with E-state index in [-0.39, 0.29) is 10.7 Å². The number of ether oxygens (including phenoxy) is 1. The van der Waals surface area contributed by atoms with E-state index in [1.54, 1.807) is 24.3 Å². The molecule has 1 aliphatic heterocycles. The summed E-state index contributed by atoms with van der Waals surface area (Å²) >= 11 is 10.8. The summed E-state index contributed by atoms with van der Waals surface area (Å²) in [4.78, 5) is 23.4. The number of hydrogen-bond donors (Lipinski definition) is 2. The molecule has 2 rings (SSSR count). The van der Waals surface area contributed by atoms with Crippen molar-refractivity contribution < 1.29 is 14.3 Å². The van der Waals surface area contributed by atoms with Gasteiger partial charge in [-0.3, -0.25) is 20.2 Å². The molecule has 7 heteroatoms. The molecule has 2 amide bonds. The van der Waals surface area contributed by atoms with Gasteiger partial charge in [0.2, 0.25) is 0 Å². The van der Waals surface area contributed by atoms with E-state index in [0.29, 0.717) is 22.9 Å². The Kier molecular flexibility index (Phi) is 4.72. The van der Waals surface area contributed by atoms with Gasteiger partial charge in [0, 0.05) is 0 Å². The standard InChI is InChI=1S/C14H11ClN2O3S/c1-2-5-20-11-4-3-8(7-10(11)15)6-9-12(18)16-14(21)17-13(9)19/h2-4,6-7H,1,5H2,(H2,16,17,18,19,21). The molecule has 0 atom stereocenters. The molecule has 1 heterocycles. The van der Waals surface area contributed by atoms with Gasteiger partial charge < -0.3 is 4.74 Å². The van der Waals surface area contributed by atoms with Gasteiger partial charge in [-0.15, -0.1) is 0 Å². The number of halogens is 1. The summed E-state index contributed by atoms with van der Waals surface area (Å²) in [6, 6.07) is 4.94. The van der Waals surface area contributed by atoms with Crippen LogP contribution in [0.2, 0.25) is 5.02 Å². The Morgan fingerprint density at radius 2 is 1.95 bits per heavy atom. The Morgan fingerprint density at radius 1 is 1.29 bits per heavy atom. The molecule has 0 radical (unpaired) electrons. The van der Waals surface area contributed by atoms with Gasteiger partial charge in [0.25, 0.3) is 11.8 Å². The van der Waals surface area contributed by atoms with Gasteiger partial charge in [-0.05, 0) is 36.0 Å². The van der Waals surface area contributed by atoms with E-state index in [0.717, 1.165) is 0 Å². The average molecular weight is 323 g/mol. The van der Waals surface area contributed by atoms with Crippen LogP contribution in [0.3, 0.4) is 0 Å². The number of hydrogen-bond acceptors (Lipinski definition) is 4. The molecule has 1 fully saturated rings. The molecule has 1 aromatic rings. The van der Waals surface area contributed by atoms with Crippen molar-refractivity contribution in [2.75, 3.05) is 6.61 Å². The van der Waals surface area contributed by atoms with Crippen molar-refractivity contribution in [1.29, 1.82) is 0 Å². The maximum atomic E-state index is 11.7. The first-order chi connectivity index (χ1) is 10.0. The number of nitrogens with one attached hydrogen (secondary N) is 2. The minimum atomic E-state index is -0.549. The van der Waals surface area contributed by atoms with Gasteiger partial charge in [0.1, 0.15) is 17.9 Å². The van der Waals surface area contributed by atoms with Crippen molar-refractivity contribution in [2.24, 2.45) is 0 Å². The Hall–Kier alpha value is -2.18. The van der Waals surface area contributed by atoms with Gasteiger partial charge in [0.15, 0.2) is 5.11 Å². The van der Waals surface area contributed by atoms with Gasteiger partial charge in [-0.25, -0.2) is 0 Å². The van der Waals surface area contributed by atoms with Gasteiger partial charge in [-0.1, -0.05) is 30.3 Å².